The third kappa shape index (κ3) is 5.20. The average molecular weight is 451 g/mol. The van der Waals surface area contributed by atoms with Crippen LogP contribution >= 0.6 is 0 Å². The summed E-state index contributed by atoms with van der Waals surface area (Å²) < 4.78 is 7.60. The molecule has 0 unspecified atom stereocenters. The quantitative estimate of drug-likeness (QED) is 0.482. The largest absolute Gasteiger partial charge is 0.482 e. The number of anilines is 3. The highest BCUT2D eigenvalue weighted by molar-refractivity contribution is 5.74. The summed E-state index contributed by atoms with van der Waals surface area (Å²) in [5, 5.41) is 10.4. The molecule has 0 aromatic carbocycles. The van der Waals surface area contributed by atoms with Gasteiger partial charge >= 0.3 is 0 Å². The van der Waals surface area contributed by atoms with Crippen LogP contribution in [0.3, 0.4) is 0 Å². The minimum Gasteiger partial charge on any atom is -0.482 e. The molecule has 3 N–H and O–H groups in total. The standard InChI is InChI=1S/C24H34N8O/c1-17-27-21(26-14-18-7-9-25-10-8-18)13-22(28-17)30-20-5-6-23(33-2)32-16-19(29-24(20)32)15-31-11-3-4-12-31/h5-6,13,16,18,25H,3-4,7-12,14-15H2,1-2H3,(H2,26,27,28,30). The van der Waals surface area contributed by atoms with Crippen LogP contribution < -0.4 is 20.7 Å². The number of hydrogen-bond donors (Lipinski definition) is 3. The minimum atomic E-state index is 0.679. The number of nitrogens with one attached hydrogen (secondary N) is 3. The molecule has 9 nitrogen and oxygen atoms in total. The molecular formula is C24H34N8O. The fourth-order valence-electron chi connectivity index (χ4n) is 4.80. The number of aryl methyl sites for hydroxylation is 1. The van der Waals surface area contributed by atoms with E-state index >= 15 is 0 Å². The molecule has 0 saturated carbocycles. The van der Waals surface area contributed by atoms with Crippen LogP contribution in [0.4, 0.5) is 17.3 Å². The Hall–Kier alpha value is -2.91. The van der Waals surface area contributed by atoms with Crippen LogP contribution in [0, 0.1) is 12.8 Å². The molecule has 3 aromatic heterocycles. The number of hydrogen-bond acceptors (Lipinski definition) is 8. The van der Waals surface area contributed by atoms with Crippen LogP contribution in [0.5, 0.6) is 5.88 Å². The Morgan fingerprint density at radius 3 is 2.67 bits per heavy atom. The number of methoxy groups -OCH3 is 1. The summed E-state index contributed by atoms with van der Waals surface area (Å²) in [5.41, 5.74) is 2.78. The third-order valence-electron chi connectivity index (χ3n) is 6.55. The highest BCUT2D eigenvalue weighted by Crippen LogP contribution is 2.27. The smallest absolute Gasteiger partial charge is 0.199 e. The van der Waals surface area contributed by atoms with Gasteiger partial charge in [-0.3, -0.25) is 9.30 Å². The SMILES string of the molecule is COc1ccc(Nc2cc(NCC3CCNCC3)nc(C)n2)c2nc(CN3CCCC3)cn12. The van der Waals surface area contributed by atoms with Crippen molar-refractivity contribution in [1.29, 1.82) is 0 Å². The van der Waals surface area contributed by atoms with Gasteiger partial charge in [0.1, 0.15) is 17.5 Å². The highest BCUT2D eigenvalue weighted by Gasteiger charge is 2.17. The van der Waals surface area contributed by atoms with Gasteiger partial charge in [0.2, 0.25) is 0 Å². The van der Waals surface area contributed by atoms with Crippen LogP contribution in [0.2, 0.25) is 0 Å². The Morgan fingerprint density at radius 1 is 1.09 bits per heavy atom. The molecule has 176 valence electrons. The second-order valence-electron chi connectivity index (χ2n) is 9.08. The molecule has 0 amide bonds. The van der Waals surface area contributed by atoms with Crippen molar-refractivity contribution >= 4 is 23.0 Å². The second kappa shape index (κ2) is 9.93. The molecule has 0 radical (unpaired) electrons. The van der Waals surface area contributed by atoms with Gasteiger partial charge in [-0.1, -0.05) is 0 Å². The van der Waals surface area contributed by atoms with Crippen LogP contribution in [-0.4, -0.2) is 64.1 Å². The number of aromatic nitrogens is 4. The zero-order chi connectivity index (χ0) is 22.6. The van der Waals surface area contributed by atoms with E-state index in [1.165, 1.54) is 25.7 Å². The summed E-state index contributed by atoms with van der Waals surface area (Å²) in [6.45, 7) is 8.20. The normalized spacial score (nSPS) is 17.5. The van der Waals surface area contributed by atoms with E-state index in [1.807, 2.05) is 29.5 Å². The molecule has 0 aliphatic carbocycles. The van der Waals surface area contributed by atoms with Crippen LogP contribution in [0.15, 0.2) is 24.4 Å². The minimum absolute atomic E-state index is 0.679. The number of fused-ring (bicyclic) bond motifs is 1. The number of piperidine rings is 1. The zero-order valence-electron chi connectivity index (χ0n) is 19.6. The topological polar surface area (TPSA) is 91.6 Å². The number of ether oxygens (including phenoxy) is 1. The summed E-state index contributed by atoms with van der Waals surface area (Å²) >= 11 is 0. The van der Waals surface area contributed by atoms with Gasteiger partial charge in [0.05, 0.1) is 18.5 Å². The van der Waals surface area contributed by atoms with E-state index in [9.17, 15) is 0 Å². The van der Waals surface area contributed by atoms with Crippen molar-refractivity contribution < 1.29 is 4.74 Å². The van der Waals surface area contributed by atoms with Gasteiger partial charge in [-0.25, -0.2) is 15.0 Å². The first-order chi connectivity index (χ1) is 16.2. The average Bonchev–Trinajstić information content (AvgIpc) is 3.49. The lowest BCUT2D eigenvalue weighted by Gasteiger charge is -2.23. The van der Waals surface area contributed by atoms with Gasteiger partial charge in [-0.15, -0.1) is 0 Å². The molecule has 2 fully saturated rings. The number of rotatable bonds is 8. The molecule has 0 bridgehead atoms. The van der Waals surface area contributed by atoms with Gasteiger partial charge in [0.25, 0.3) is 0 Å². The van der Waals surface area contributed by atoms with E-state index in [-0.39, 0.29) is 0 Å². The molecule has 5 rings (SSSR count). The van der Waals surface area contributed by atoms with Crippen LogP contribution in [-0.2, 0) is 6.54 Å². The van der Waals surface area contributed by atoms with Gasteiger partial charge in [0.15, 0.2) is 11.5 Å². The molecule has 5 heterocycles. The van der Waals surface area contributed by atoms with Crippen molar-refractivity contribution in [2.45, 2.75) is 39.2 Å². The van der Waals surface area contributed by atoms with E-state index in [4.69, 9.17) is 9.72 Å². The zero-order valence-corrected chi connectivity index (χ0v) is 19.6. The first-order valence-corrected chi connectivity index (χ1v) is 12.0. The number of imidazole rings is 1. The third-order valence-corrected chi connectivity index (χ3v) is 6.55. The summed E-state index contributed by atoms with van der Waals surface area (Å²) in [6, 6.07) is 5.93. The fraction of sp³-hybridized carbons (Fsp3) is 0.542. The Balaban J connectivity index is 1.36. The van der Waals surface area contributed by atoms with Crippen molar-refractivity contribution in [3.63, 3.8) is 0 Å². The second-order valence-corrected chi connectivity index (χ2v) is 9.08. The molecule has 9 heteroatoms. The summed E-state index contributed by atoms with van der Waals surface area (Å²) in [6.07, 6.45) is 7.02. The summed E-state index contributed by atoms with van der Waals surface area (Å²) in [5.74, 6) is 3.78. The van der Waals surface area contributed by atoms with Crippen molar-refractivity contribution in [3.8, 4) is 5.88 Å². The molecular weight excluding hydrogens is 416 g/mol. The van der Waals surface area contributed by atoms with Crippen molar-refractivity contribution in [2.24, 2.45) is 5.92 Å². The highest BCUT2D eigenvalue weighted by atomic mass is 16.5. The van der Waals surface area contributed by atoms with E-state index in [1.54, 1.807) is 7.11 Å². The maximum atomic E-state index is 5.59. The molecule has 0 spiro atoms. The molecule has 2 aliphatic rings. The lowest BCUT2D eigenvalue weighted by molar-refractivity contribution is 0.327. The van der Waals surface area contributed by atoms with E-state index < -0.39 is 0 Å². The maximum absolute atomic E-state index is 5.59. The Morgan fingerprint density at radius 2 is 1.88 bits per heavy atom. The Labute approximate surface area is 195 Å². The predicted octanol–water partition coefficient (Wildman–Crippen LogP) is 3.19. The van der Waals surface area contributed by atoms with E-state index in [2.05, 4.69) is 37.0 Å². The summed E-state index contributed by atoms with van der Waals surface area (Å²) in [7, 11) is 1.69. The van der Waals surface area contributed by atoms with E-state index in [0.29, 0.717) is 5.92 Å². The molecule has 2 aliphatic heterocycles. The van der Waals surface area contributed by atoms with Gasteiger partial charge in [-0.05, 0) is 70.8 Å². The first kappa shape index (κ1) is 21.9. The lowest BCUT2D eigenvalue weighted by atomic mass is 9.98. The number of likely N-dealkylation sites (tertiary alicyclic amines) is 1. The first-order valence-electron chi connectivity index (χ1n) is 12.0. The number of pyridine rings is 1. The Kier molecular flexibility index (Phi) is 6.59. The lowest BCUT2D eigenvalue weighted by Crippen LogP contribution is -2.31. The monoisotopic (exact) mass is 450 g/mol. The molecule has 33 heavy (non-hydrogen) atoms. The van der Waals surface area contributed by atoms with Crippen molar-refractivity contribution in [3.05, 3.63) is 35.9 Å². The molecule has 3 aromatic rings. The van der Waals surface area contributed by atoms with Gasteiger partial charge < -0.3 is 20.7 Å². The number of nitrogens with zero attached hydrogens (tertiary/aromatic N) is 5. The van der Waals surface area contributed by atoms with Gasteiger partial charge in [0, 0.05) is 31.4 Å². The maximum Gasteiger partial charge on any atom is 0.199 e. The summed E-state index contributed by atoms with van der Waals surface area (Å²) in [4.78, 5) is 16.6. The van der Waals surface area contributed by atoms with Crippen LogP contribution in [0.25, 0.3) is 5.65 Å². The predicted molar refractivity (Wildman–Crippen MR) is 130 cm³/mol. The van der Waals surface area contributed by atoms with Crippen molar-refractivity contribution in [2.75, 3.05) is 50.5 Å². The van der Waals surface area contributed by atoms with Crippen molar-refractivity contribution in [1.82, 2.24) is 29.6 Å². The van der Waals surface area contributed by atoms with Crippen LogP contribution in [0.1, 0.15) is 37.2 Å². The molecule has 0 atom stereocenters. The molecule has 2 saturated heterocycles. The fourth-order valence-corrected chi connectivity index (χ4v) is 4.80. The van der Waals surface area contributed by atoms with E-state index in [0.717, 1.165) is 79.6 Å². The Bertz CT molecular complexity index is 1090. The van der Waals surface area contributed by atoms with Gasteiger partial charge in [-0.2, -0.15) is 0 Å².